The molecule has 0 radical (unpaired) electrons. The number of benzene rings is 1. The summed E-state index contributed by atoms with van der Waals surface area (Å²) in [7, 11) is 0. The van der Waals surface area contributed by atoms with Crippen LogP contribution in [0.3, 0.4) is 0 Å². The molecule has 7 rings (SSSR count). The number of anilines is 1. The first-order chi connectivity index (χ1) is 26.0. The predicted octanol–water partition coefficient (Wildman–Crippen LogP) is 8.32. The monoisotopic (exact) mass is 765 g/mol. The van der Waals surface area contributed by atoms with Gasteiger partial charge in [-0.25, -0.2) is 9.37 Å². The van der Waals surface area contributed by atoms with E-state index in [2.05, 4.69) is 10.3 Å². The van der Waals surface area contributed by atoms with Gasteiger partial charge in [-0.3, -0.25) is 23.9 Å². The third kappa shape index (κ3) is 8.36. The van der Waals surface area contributed by atoms with Gasteiger partial charge >= 0.3 is 6.18 Å². The Kier molecular flexibility index (Phi) is 10.7. The summed E-state index contributed by atoms with van der Waals surface area (Å²) in [5.41, 5.74) is 0.391. The Bertz CT molecular complexity index is 2010. The van der Waals surface area contributed by atoms with Crippen molar-refractivity contribution in [2.24, 2.45) is 11.3 Å². The van der Waals surface area contributed by atoms with Gasteiger partial charge in [0, 0.05) is 43.4 Å². The van der Waals surface area contributed by atoms with E-state index in [4.69, 9.17) is 5.10 Å². The molecule has 1 aromatic carbocycles. The second kappa shape index (κ2) is 15.1. The first kappa shape index (κ1) is 39.1. The van der Waals surface area contributed by atoms with Gasteiger partial charge in [0.1, 0.15) is 29.4 Å². The van der Waals surface area contributed by atoms with E-state index in [1.165, 1.54) is 13.0 Å². The minimum Gasteiger partial charge on any atom is -0.385 e. The fourth-order valence-electron chi connectivity index (χ4n) is 9.61. The topological polar surface area (TPSA) is 114 Å². The largest absolute Gasteiger partial charge is 0.433 e. The predicted molar refractivity (Wildman–Crippen MR) is 200 cm³/mol. The maximum absolute atomic E-state index is 14.9. The number of piperidine rings is 1. The molecule has 2 saturated carbocycles. The van der Waals surface area contributed by atoms with Crippen molar-refractivity contribution in [1.82, 2.24) is 19.7 Å². The van der Waals surface area contributed by atoms with Crippen molar-refractivity contribution in [3.8, 4) is 0 Å². The zero-order valence-corrected chi connectivity index (χ0v) is 32.0. The highest BCUT2D eigenvalue weighted by Crippen LogP contribution is 2.62. The van der Waals surface area contributed by atoms with Crippen LogP contribution in [0.15, 0.2) is 24.3 Å². The normalized spacial score (nSPS) is 27.8. The second-order valence-corrected chi connectivity index (χ2v) is 17.0. The molecule has 13 heteroatoms. The molecular formula is C42H51F4N5O4. The Morgan fingerprint density at radius 2 is 1.75 bits per heavy atom. The number of aromatic nitrogens is 3. The molecule has 2 aromatic heterocycles. The first-order valence-corrected chi connectivity index (χ1v) is 19.9. The number of halogens is 4. The molecule has 2 aliphatic heterocycles. The van der Waals surface area contributed by atoms with Crippen LogP contribution in [0.2, 0.25) is 0 Å². The van der Waals surface area contributed by atoms with E-state index >= 15 is 0 Å². The van der Waals surface area contributed by atoms with Gasteiger partial charge in [0.25, 0.3) is 0 Å². The van der Waals surface area contributed by atoms with Gasteiger partial charge in [0.2, 0.25) is 5.91 Å². The summed E-state index contributed by atoms with van der Waals surface area (Å²) in [6.45, 7) is 5.06. The smallest absolute Gasteiger partial charge is 0.385 e. The molecule has 2 unspecified atom stereocenters. The molecule has 2 aliphatic carbocycles. The number of hydrogen-bond acceptors (Lipinski definition) is 7. The highest BCUT2D eigenvalue weighted by atomic mass is 19.4. The van der Waals surface area contributed by atoms with Crippen LogP contribution in [-0.4, -0.2) is 67.2 Å². The molecule has 4 aliphatic rings. The van der Waals surface area contributed by atoms with Gasteiger partial charge in [-0.2, -0.15) is 18.3 Å². The zero-order chi connectivity index (χ0) is 39.3. The summed E-state index contributed by atoms with van der Waals surface area (Å²) in [4.78, 5) is 60.0. The molecule has 4 heterocycles. The van der Waals surface area contributed by atoms with Crippen LogP contribution in [-0.2, 0) is 39.9 Å². The number of aryl methyl sites for hydroxylation is 2. The Balaban J connectivity index is 1.22. The first-order valence-electron chi connectivity index (χ1n) is 19.9. The Morgan fingerprint density at radius 1 is 0.982 bits per heavy atom. The van der Waals surface area contributed by atoms with Crippen molar-refractivity contribution in [3.63, 3.8) is 0 Å². The van der Waals surface area contributed by atoms with Gasteiger partial charge in [0.15, 0.2) is 11.6 Å². The zero-order valence-electron chi connectivity index (χ0n) is 32.0. The summed E-state index contributed by atoms with van der Waals surface area (Å²) < 4.78 is 57.1. The molecule has 9 nitrogen and oxygen atoms in total. The van der Waals surface area contributed by atoms with Crippen LogP contribution in [0.25, 0.3) is 10.9 Å². The number of pyridine rings is 1. The fourth-order valence-corrected chi connectivity index (χ4v) is 9.61. The van der Waals surface area contributed by atoms with Crippen LogP contribution in [0.5, 0.6) is 0 Å². The molecule has 1 N–H and O–H groups in total. The number of amides is 1. The molecule has 55 heavy (non-hydrogen) atoms. The fraction of sp³-hybridized carbons (Fsp3) is 0.619. The van der Waals surface area contributed by atoms with Crippen molar-refractivity contribution < 1.29 is 36.7 Å². The van der Waals surface area contributed by atoms with Crippen LogP contribution in [0.1, 0.15) is 130 Å². The number of alkyl halides is 4. The van der Waals surface area contributed by atoms with Gasteiger partial charge < -0.3 is 10.2 Å². The molecule has 296 valence electrons. The van der Waals surface area contributed by atoms with E-state index < -0.39 is 34.8 Å². The number of Topliss-reactive ketones (excluding diaryl/α,β-unsaturated/α-hetero) is 3. The molecule has 3 fully saturated rings. The summed E-state index contributed by atoms with van der Waals surface area (Å²) in [6.07, 6.45) is 4.10. The molecule has 3 aromatic rings. The minimum absolute atomic E-state index is 0.0203. The third-order valence-electron chi connectivity index (χ3n) is 12.6. The van der Waals surface area contributed by atoms with E-state index in [9.17, 15) is 36.7 Å². The highest BCUT2D eigenvalue weighted by molar-refractivity contribution is 6.07. The number of hydrogen-bond donors (Lipinski definition) is 1. The molecule has 1 saturated heterocycles. The van der Waals surface area contributed by atoms with E-state index in [-0.39, 0.29) is 53.8 Å². The second-order valence-electron chi connectivity index (χ2n) is 17.0. The van der Waals surface area contributed by atoms with E-state index in [1.54, 1.807) is 23.4 Å². The van der Waals surface area contributed by atoms with Gasteiger partial charge in [-0.05, 0) is 119 Å². The van der Waals surface area contributed by atoms with E-state index in [1.807, 2.05) is 12.1 Å². The lowest BCUT2D eigenvalue weighted by Crippen LogP contribution is -2.45. The lowest BCUT2D eigenvalue weighted by Gasteiger charge is -2.32. The number of nitrogens with one attached hydrogen (secondary N) is 1. The highest BCUT2D eigenvalue weighted by Gasteiger charge is 2.66. The number of ketones is 3. The summed E-state index contributed by atoms with van der Waals surface area (Å²) in [6, 6.07) is 4.92. The molecule has 2 bridgehead atoms. The summed E-state index contributed by atoms with van der Waals surface area (Å²) in [5.74, 6) is -0.700. The average molecular weight is 766 g/mol. The van der Waals surface area contributed by atoms with Crippen molar-refractivity contribution in [2.45, 2.75) is 148 Å². The van der Waals surface area contributed by atoms with Crippen LogP contribution >= 0.6 is 0 Å². The van der Waals surface area contributed by atoms with Gasteiger partial charge in [-0.15, -0.1) is 0 Å². The van der Waals surface area contributed by atoms with Gasteiger partial charge in [-0.1, -0.05) is 18.9 Å². The lowest BCUT2D eigenvalue weighted by molar-refractivity contribution is -0.141. The Morgan fingerprint density at radius 3 is 2.47 bits per heavy atom. The quantitative estimate of drug-likeness (QED) is 0.190. The SMILES string of the molecule is CC(=O)c1nn2c3c(cc(NCC4CCCC(C)(F)C4)cc13)CCCCCCC(=O)CC[C@@]13C[C@@H](C(=O)Cc4nc(C(F)(F)F)ccc4C)N(C(=O)C2)[C@@H]1C3. The molecule has 1 amide bonds. The van der Waals surface area contributed by atoms with E-state index in [0.717, 1.165) is 55.8 Å². The standard InChI is InChI=1S/C42H51F4N5O4/c1-25-12-13-35(42(44,45)46)48-32(25)19-34(54)33-21-41-16-14-30(53)11-7-5-4-6-10-28-17-29(47-23-27-9-8-15-40(3,43)20-27)18-31-38(26(2)52)49-50(39(28)31)24-37(55)51(33)36(41)22-41/h12-13,17-18,27,33,36,47H,4-11,14-16,19-24H2,1-3H3/t27?,33-,36+,40?,41-/m0/s1. The molecule has 5 atom stereocenters. The van der Waals surface area contributed by atoms with Crippen molar-refractivity contribution in [3.05, 3.63) is 52.5 Å². The van der Waals surface area contributed by atoms with Crippen LogP contribution in [0.4, 0.5) is 23.2 Å². The van der Waals surface area contributed by atoms with E-state index in [0.29, 0.717) is 74.4 Å². The molecular weight excluding hydrogens is 714 g/mol. The third-order valence-corrected chi connectivity index (χ3v) is 12.6. The molecule has 0 spiro atoms. The maximum atomic E-state index is 14.9. The summed E-state index contributed by atoms with van der Waals surface area (Å²) >= 11 is 0. The number of rotatable bonds is 7. The van der Waals surface area contributed by atoms with Crippen LogP contribution < -0.4 is 5.32 Å². The lowest BCUT2D eigenvalue weighted by atomic mass is 9.80. The number of carbonyl (C=O) groups is 4. The van der Waals surface area contributed by atoms with Crippen molar-refractivity contribution >= 4 is 39.8 Å². The van der Waals surface area contributed by atoms with Crippen molar-refractivity contribution in [1.29, 1.82) is 0 Å². The number of carbonyl (C=O) groups excluding carboxylic acids is 4. The summed E-state index contributed by atoms with van der Waals surface area (Å²) in [5, 5.41) is 8.83. The van der Waals surface area contributed by atoms with Crippen LogP contribution in [0, 0.1) is 18.3 Å². The van der Waals surface area contributed by atoms with Gasteiger partial charge in [0.05, 0.1) is 23.7 Å². The van der Waals surface area contributed by atoms with Crippen molar-refractivity contribution in [2.75, 3.05) is 11.9 Å². The number of nitrogens with zero attached hydrogens (tertiary/aromatic N) is 4. The maximum Gasteiger partial charge on any atom is 0.433 e. The Hall–Kier alpha value is -4.16. The average Bonchev–Trinajstić information content (AvgIpc) is 3.52. The minimum atomic E-state index is -4.67. The Labute approximate surface area is 319 Å².